The van der Waals surface area contributed by atoms with Crippen molar-refractivity contribution in [3.05, 3.63) is 59.7 Å². The SMILES string of the molecule is COC(=O)COc1ccc(NC(=O)CCCNC(=O)OCc2ccccc2)c(C)c1. The van der Waals surface area contributed by atoms with E-state index in [0.29, 0.717) is 24.4 Å². The Balaban J connectivity index is 1.65. The Hall–Kier alpha value is -3.55. The molecule has 8 heteroatoms. The standard InChI is InChI=1S/C22H26N2O6/c1-16-13-18(29-15-21(26)28-2)10-11-19(16)24-20(25)9-6-12-23-22(27)30-14-17-7-4-3-5-8-17/h3-5,7-8,10-11,13H,6,9,12,14-15H2,1-2H3,(H,23,27)(H,24,25). The first-order valence-electron chi connectivity index (χ1n) is 9.52. The minimum Gasteiger partial charge on any atom is -0.482 e. The second-order valence-corrected chi connectivity index (χ2v) is 6.48. The van der Waals surface area contributed by atoms with Crippen molar-refractivity contribution in [2.45, 2.75) is 26.4 Å². The number of hydrogen-bond acceptors (Lipinski definition) is 6. The van der Waals surface area contributed by atoms with Gasteiger partial charge in [-0.1, -0.05) is 30.3 Å². The van der Waals surface area contributed by atoms with Crippen molar-refractivity contribution in [3.63, 3.8) is 0 Å². The average molecular weight is 414 g/mol. The van der Waals surface area contributed by atoms with E-state index in [4.69, 9.17) is 9.47 Å². The van der Waals surface area contributed by atoms with Crippen LogP contribution in [-0.4, -0.2) is 38.2 Å². The number of carbonyl (C=O) groups excluding carboxylic acids is 3. The summed E-state index contributed by atoms with van der Waals surface area (Å²) < 4.78 is 14.9. The number of hydrogen-bond donors (Lipinski definition) is 2. The molecule has 0 atom stereocenters. The Kier molecular flexibility index (Phi) is 9.18. The Morgan fingerprint density at radius 2 is 1.80 bits per heavy atom. The molecule has 0 aliphatic carbocycles. The lowest BCUT2D eigenvalue weighted by Crippen LogP contribution is -2.26. The van der Waals surface area contributed by atoms with Crippen LogP contribution in [0.4, 0.5) is 10.5 Å². The summed E-state index contributed by atoms with van der Waals surface area (Å²) in [7, 11) is 1.29. The molecule has 0 unspecified atom stereocenters. The zero-order valence-electron chi connectivity index (χ0n) is 17.1. The van der Waals surface area contributed by atoms with Crippen LogP contribution in [0.2, 0.25) is 0 Å². The third-order valence-electron chi connectivity index (χ3n) is 4.12. The van der Waals surface area contributed by atoms with E-state index in [-0.39, 0.29) is 25.5 Å². The van der Waals surface area contributed by atoms with Gasteiger partial charge in [0.15, 0.2) is 6.61 Å². The van der Waals surface area contributed by atoms with Gasteiger partial charge >= 0.3 is 12.1 Å². The maximum atomic E-state index is 12.1. The van der Waals surface area contributed by atoms with Crippen LogP contribution in [-0.2, 0) is 25.7 Å². The van der Waals surface area contributed by atoms with E-state index in [0.717, 1.165) is 11.1 Å². The Labute approximate surface area is 175 Å². The van der Waals surface area contributed by atoms with Crippen molar-refractivity contribution >= 4 is 23.7 Å². The first-order chi connectivity index (χ1) is 14.5. The molecule has 2 aromatic carbocycles. The van der Waals surface area contributed by atoms with Crippen LogP contribution in [0.5, 0.6) is 5.75 Å². The summed E-state index contributed by atoms with van der Waals surface area (Å²) in [5.41, 5.74) is 2.36. The molecule has 2 aromatic rings. The van der Waals surface area contributed by atoms with Gasteiger partial charge in [0.25, 0.3) is 0 Å². The summed E-state index contributed by atoms with van der Waals surface area (Å²) in [6.07, 6.45) is 0.211. The minimum atomic E-state index is -0.516. The van der Waals surface area contributed by atoms with Crippen LogP contribution >= 0.6 is 0 Å². The fraction of sp³-hybridized carbons (Fsp3) is 0.318. The lowest BCUT2D eigenvalue weighted by Gasteiger charge is -2.11. The van der Waals surface area contributed by atoms with Crippen molar-refractivity contribution in [1.82, 2.24) is 5.32 Å². The van der Waals surface area contributed by atoms with Gasteiger partial charge in [0, 0.05) is 18.7 Å². The van der Waals surface area contributed by atoms with Gasteiger partial charge in [-0.25, -0.2) is 9.59 Å². The molecule has 0 aromatic heterocycles. The van der Waals surface area contributed by atoms with Gasteiger partial charge in [0.2, 0.25) is 5.91 Å². The summed E-state index contributed by atoms with van der Waals surface area (Å²) in [5, 5.41) is 5.44. The molecule has 0 fully saturated rings. The maximum Gasteiger partial charge on any atom is 0.407 e. The average Bonchev–Trinajstić information content (AvgIpc) is 2.76. The van der Waals surface area contributed by atoms with Crippen LogP contribution in [0.3, 0.4) is 0 Å². The zero-order valence-corrected chi connectivity index (χ0v) is 17.1. The summed E-state index contributed by atoms with van der Waals surface area (Å²) in [6.45, 7) is 2.18. The summed E-state index contributed by atoms with van der Waals surface area (Å²) in [6, 6.07) is 14.5. The monoisotopic (exact) mass is 414 g/mol. The number of amides is 2. The number of carbonyl (C=O) groups is 3. The number of esters is 1. The third kappa shape index (κ3) is 8.22. The second-order valence-electron chi connectivity index (χ2n) is 6.48. The van der Waals surface area contributed by atoms with Gasteiger partial charge < -0.3 is 24.8 Å². The molecule has 2 N–H and O–H groups in total. The molecule has 2 amide bonds. The predicted molar refractivity (Wildman–Crippen MR) is 111 cm³/mol. The summed E-state index contributed by atoms with van der Waals surface area (Å²) in [4.78, 5) is 34.9. The van der Waals surface area contributed by atoms with Gasteiger partial charge in [0.05, 0.1) is 7.11 Å². The van der Waals surface area contributed by atoms with Crippen molar-refractivity contribution in [1.29, 1.82) is 0 Å². The second kappa shape index (κ2) is 12.1. The van der Waals surface area contributed by atoms with Crippen LogP contribution in [0.1, 0.15) is 24.0 Å². The molecular formula is C22H26N2O6. The topological polar surface area (TPSA) is 103 Å². The van der Waals surface area contributed by atoms with Crippen molar-refractivity contribution in [3.8, 4) is 5.75 Å². The van der Waals surface area contributed by atoms with E-state index < -0.39 is 12.1 Å². The smallest absolute Gasteiger partial charge is 0.407 e. The predicted octanol–water partition coefficient (Wildman–Crippen LogP) is 3.19. The quantitative estimate of drug-likeness (QED) is 0.457. The first-order valence-corrected chi connectivity index (χ1v) is 9.52. The van der Waals surface area contributed by atoms with Gasteiger partial charge in [-0.2, -0.15) is 0 Å². The Bertz CT molecular complexity index is 854. The molecular weight excluding hydrogens is 388 g/mol. The highest BCUT2D eigenvalue weighted by Gasteiger charge is 2.08. The number of rotatable bonds is 10. The molecule has 0 heterocycles. The molecule has 0 radical (unpaired) electrons. The number of nitrogens with one attached hydrogen (secondary N) is 2. The molecule has 30 heavy (non-hydrogen) atoms. The molecule has 0 aliphatic rings. The molecule has 0 saturated carbocycles. The zero-order chi connectivity index (χ0) is 21.8. The fourth-order valence-corrected chi connectivity index (χ4v) is 2.49. The van der Waals surface area contributed by atoms with Crippen LogP contribution in [0.15, 0.2) is 48.5 Å². The number of aryl methyl sites for hydroxylation is 1. The number of ether oxygens (including phenoxy) is 3. The number of alkyl carbamates (subject to hydrolysis) is 1. The van der Waals surface area contributed by atoms with E-state index in [1.54, 1.807) is 18.2 Å². The van der Waals surface area contributed by atoms with E-state index in [2.05, 4.69) is 15.4 Å². The lowest BCUT2D eigenvalue weighted by atomic mass is 10.2. The lowest BCUT2D eigenvalue weighted by molar-refractivity contribution is -0.142. The van der Waals surface area contributed by atoms with Crippen molar-refractivity contribution in [2.24, 2.45) is 0 Å². The first kappa shape index (κ1) is 22.7. The fourth-order valence-electron chi connectivity index (χ4n) is 2.49. The molecule has 8 nitrogen and oxygen atoms in total. The van der Waals surface area contributed by atoms with Crippen molar-refractivity contribution in [2.75, 3.05) is 25.6 Å². The molecule has 2 rings (SSSR count). The summed E-state index contributed by atoms with van der Waals surface area (Å²) >= 11 is 0. The highest BCUT2D eigenvalue weighted by atomic mass is 16.6. The van der Waals surface area contributed by atoms with E-state index in [1.165, 1.54) is 7.11 Å². The van der Waals surface area contributed by atoms with E-state index in [9.17, 15) is 14.4 Å². The van der Waals surface area contributed by atoms with Gasteiger partial charge in [0.1, 0.15) is 12.4 Å². The third-order valence-corrected chi connectivity index (χ3v) is 4.12. The van der Waals surface area contributed by atoms with Crippen LogP contribution in [0.25, 0.3) is 0 Å². The highest BCUT2D eigenvalue weighted by Crippen LogP contribution is 2.21. The minimum absolute atomic E-state index is 0.166. The van der Waals surface area contributed by atoms with E-state index >= 15 is 0 Å². The normalized spacial score (nSPS) is 10.1. The van der Waals surface area contributed by atoms with Gasteiger partial charge in [-0.05, 0) is 42.7 Å². The number of anilines is 1. The number of benzene rings is 2. The Morgan fingerprint density at radius 1 is 1.03 bits per heavy atom. The van der Waals surface area contributed by atoms with E-state index in [1.807, 2.05) is 37.3 Å². The van der Waals surface area contributed by atoms with Crippen LogP contribution < -0.4 is 15.4 Å². The largest absolute Gasteiger partial charge is 0.482 e. The van der Waals surface area contributed by atoms with Gasteiger partial charge in [-0.3, -0.25) is 4.79 Å². The molecule has 0 bridgehead atoms. The van der Waals surface area contributed by atoms with Crippen LogP contribution in [0, 0.1) is 6.92 Å². The summed E-state index contributed by atoms with van der Waals surface area (Å²) in [5.74, 6) is -0.127. The molecule has 160 valence electrons. The van der Waals surface area contributed by atoms with Crippen molar-refractivity contribution < 1.29 is 28.6 Å². The maximum absolute atomic E-state index is 12.1. The molecule has 0 spiro atoms. The number of methoxy groups -OCH3 is 1. The molecule has 0 aliphatic heterocycles. The highest BCUT2D eigenvalue weighted by molar-refractivity contribution is 5.91. The Morgan fingerprint density at radius 3 is 2.50 bits per heavy atom. The van der Waals surface area contributed by atoms with Gasteiger partial charge in [-0.15, -0.1) is 0 Å². The molecule has 0 saturated heterocycles.